The fourth-order valence-corrected chi connectivity index (χ4v) is 6.55. The molecule has 0 bridgehead atoms. The van der Waals surface area contributed by atoms with Crippen LogP contribution in [-0.2, 0) is 12.5 Å². The lowest BCUT2D eigenvalue weighted by Gasteiger charge is -2.29. The maximum absolute atomic E-state index is 15.2. The summed E-state index contributed by atoms with van der Waals surface area (Å²) < 4.78 is 124. The third kappa shape index (κ3) is 7.77. The van der Waals surface area contributed by atoms with Gasteiger partial charge in [0.15, 0.2) is 0 Å². The van der Waals surface area contributed by atoms with E-state index in [2.05, 4.69) is 10.8 Å². The molecule has 0 unspecified atom stereocenters. The monoisotopic (exact) mass is 672 g/mol. The molecule has 254 valence electrons. The van der Waals surface area contributed by atoms with Crippen LogP contribution in [0.15, 0.2) is 72.8 Å². The summed E-state index contributed by atoms with van der Waals surface area (Å²) in [4.78, 5) is 0. The summed E-state index contributed by atoms with van der Waals surface area (Å²) in [5.74, 6) is -7.03. The lowest BCUT2D eigenvalue weighted by atomic mass is 9.77. The number of ether oxygens (including phenoxy) is 1. The zero-order valence-corrected chi connectivity index (χ0v) is 26.7. The van der Waals surface area contributed by atoms with Crippen LogP contribution in [0.5, 0.6) is 5.75 Å². The molecule has 1 nitrogen and oxygen atoms in total. The second-order valence-electron chi connectivity index (χ2n) is 12.3. The lowest BCUT2D eigenvalue weighted by molar-refractivity contribution is -0.189. The SMILES string of the molecule is C/C=C/CCC1CCC(c2ccc(-c3cc(F)c(C(F)(F)Oc4ccc(-c5cc(F)c(CCC)c(F)c5)c(F)c4)c(F)c3)c(F)c2)CC1. The Morgan fingerprint density at radius 2 is 1.27 bits per heavy atom. The van der Waals surface area contributed by atoms with Crippen molar-refractivity contribution in [2.45, 2.75) is 77.2 Å². The molecule has 0 heterocycles. The van der Waals surface area contributed by atoms with Gasteiger partial charge in [-0.15, -0.1) is 0 Å². The van der Waals surface area contributed by atoms with Crippen LogP contribution in [0, 0.1) is 40.8 Å². The molecule has 4 aromatic rings. The standard InChI is InChI=1S/C39H36F8O/c1-3-5-6-8-23-9-11-24(12-10-23)25-13-15-29(32(40)17-25)27-20-36(44)38(37(45)21-27)39(46,47)48-28-14-16-30(35(43)22-28)26-18-33(41)31(7-4-2)34(42)19-26/h3,5,13-24H,4,6-12H2,1-2H3/b5-3+. The van der Waals surface area contributed by atoms with Crippen LogP contribution in [-0.4, -0.2) is 0 Å². The molecule has 48 heavy (non-hydrogen) atoms. The van der Waals surface area contributed by atoms with E-state index in [1.165, 1.54) is 12.1 Å². The molecule has 1 aliphatic carbocycles. The lowest BCUT2D eigenvalue weighted by Crippen LogP contribution is -2.25. The molecule has 0 atom stereocenters. The largest absolute Gasteiger partial charge is 0.432 e. The van der Waals surface area contributed by atoms with Gasteiger partial charge >= 0.3 is 6.11 Å². The first-order valence-electron chi connectivity index (χ1n) is 16.2. The van der Waals surface area contributed by atoms with Gasteiger partial charge < -0.3 is 4.74 Å². The predicted molar refractivity (Wildman–Crippen MR) is 171 cm³/mol. The summed E-state index contributed by atoms with van der Waals surface area (Å²) in [6.07, 6.45) is 6.22. The number of hydrogen-bond acceptors (Lipinski definition) is 1. The second-order valence-corrected chi connectivity index (χ2v) is 12.3. The predicted octanol–water partition coefficient (Wildman–Crippen LogP) is 12.6. The third-order valence-corrected chi connectivity index (χ3v) is 9.07. The Labute approximate surface area is 275 Å². The molecule has 1 saturated carbocycles. The smallest absolute Gasteiger partial charge is 0.429 e. The van der Waals surface area contributed by atoms with Crippen LogP contribution in [0.2, 0.25) is 0 Å². The maximum atomic E-state index is 15.2. The Morgan fingerprint density at radius 3 is 1.81 bits per heavy atom. The van der Waals surface area contributed by atoms with Crippen molar-refractivity contribution in [1.82, 2.24) is 0 Å². The minimum absolute atomic E-state index is 0.135. The summed E-state index contributed by atoms with van der Waals surface area (Å²) in [7, 11) is 0. The highest BCUT2D eigenvalue weighted by Gasteiger charge is 2.41. The zero-order valence-electron chi connectivity index (χ0n) is 26.7. The molecule has 0 amide bonds. The van der Waals surface area contributed by atoms with Crippen molar-refractivity contribution < 1.29 is 39.9 Å². The zero-order chi connectivity index (χ0) is 34.6. The number of halogens is 8. The number of alkyl halides is 2. The van der Waals surface area contributed by atoms with Crippen molar-refractivity contribution >= 4 is 0 Å². The Hall–Kier alpha value is -4.14. The van der Waals surface area contributed by atoms with E-state index in [0.717, 1.165) is 68.4 Å². The minimum Gasteiger partial charge on any atom is -0.429 e. The van der Waals surface area contributed by atoms with Crippen molar-refractivity contribution in [3.63, 3.8) is 0 Å². The van der Waals surface area contributed by atoms with Crippen molar-refractivity contribution in [2.75, 3.05) is 0 Å². The van der Waals surface area contributed by atoms with E-state index < -0.39 is 52.3 Å². The minimum atomic E-state index is -4.60. The first-order valence-corrected chi connectivity index (χ1v) is 16.2. The molecule has 5 rings (SSSR count). The maximum Gasteiger partial charge on any atom is 0.432 e. The molecule has 0 saturated heterocycles. The Kier molecular flexibility index (Phi) is 11.0. The highest BCUT2D eigenvalue weighted by Crippen LogP contribution is 2.41. The van der Waals surface area contributed by atoms with Crippen molar-refractivity contribution in [3.8, 4) is 28.0 Å². The van der Waals surface area contributed by atoms with Gasteiger partial charge in [0.1, 0.15) is 46.2 Å². The van der Waals surface area contributed by atoms with Crippen molar-refractivity contribution in [1.29, 1.82) is 0 Å². The highest BCUT2D eigenvalue weighted by atomic mass is 19.3. The fraction of sp³-hybridized carbons (Fsp3) is 0.333. The van der Waals surface area contributed by atoms with Gasteiger partial charge in [0.2, 0.25) is 0 Å². The van der Waals surface area contributed by atoms with E-state index in [4.69, 9.17) is 0 Å². The van der Waals surface area contributed by atoms with Crippen LogP contribution in [0.3, 0.4) is 0 Å². The molecular formula is C39H36F8O. The van der Waals surface area contributed by atoms with E-state index in [0.29, 0.717) is 30.5 Å². The Morgan fingerprint density at radius 1 is 0.708 bits per heavy atom. The van der Waals surface area contributed by atoms with Crippen LogP contribution in [0.25, 0.3) is 22.3 Å². The molecule has 0 aromatic heterocycles. The van der Waals surface area contributed by atoms with Crippen LogP contribution < -0.4 is 4.74 Å². The third-order valence-electron chi connectivity index (χ3n) is 9.07. The Balaban J connectivity index is 1.31. The number of allylic oxidation sites excluding steroid dienone is 2. The Bertz CT molecular complexity index is 1740. The van der Waals surface area contributed by atoms with Crippen molar-refractivity contribution in [3.05, 3.63) is 124 Å². The molecule has 1 aliphatic rings. The second kappa shape index (κ2) is 15.0. The molecule has 0 spiro atoms. The average Bonchev–Trinajstić information content (AvgIpc) is 3.02. The van der Waals surface area contributed by atoms with Gasteiger partial charge in [0, 0.05) is 22.8 Å². The summed E-state index contributed by atoms with van der Waals surface area (Å²) in [6.45, 7) is 3.73. The highest BCUT2D eigenvalue weighted by molar-refractivity contribution is 5.67. The van der Waals surface area contributed by atoms with Crippen LogP contribution in [0.4, 0.5) is 35.1 Å². The molecule has 0 N–H and O–H groups in total. The van der Waals surface area contributed by atoms with Gasteiger partial charge in [-0.1, -0.05) is 37.6 Å². The van der Waals surface area contributed by atoms with Gasteiger partial charge in [-0.2, -0.15) is 8.78 Å². The normalized spacial score (nSPS) is 16.9. The molecule has 1 fully saturated rings. The summed E-state index contributed by atoms with van der Waals surface area (Å²) in [5.41, 5.74) is -2.01. The molecule has 0 aliphatic heterocycles. The fourth-order valence-electron chi connectivity index (χ4n) is 6.55. The summed E-state index contributed by atoms with van der Waals surface area (Å²) in [5, 5.41) is 0. The first-order chi connectivity index (χ1) is 22.9. The number of benzene rings is 4. The van der Waals surface area contributed by atoms with E-state index in [9.17, 15) is 13.2 Å². The molecule has 4 aromatic carbocycles. The van der Waals surface area contributed by atoms with E-state index in [-0.39, 0.29) is 40.2 Å². The van der Waals surface area contributed by atoms with E-state index in [1.54, 1.807) is 13.0 Å². The molecular weight excluding hydrogens is 636 g/mol. The van der Waals surface area contributed by atoms with E-state index in [1.807, 2.05) is 13.0 Å². The quantitative estimate of drug-likeness (QED) is 0.114. The van der Waals surface area contributed by atoms with Gasteiger partial charge in [-0.25, -0.2) is 26.3 Å². The van der Waals surface area contributed by atoms with Gasteiger partial charge in [-0.05, 0) is 123 Å². The van der Waals surface area contributed by atoms with Crippen LogP contribution >= 0.6 is 0 Å². The van der Waals surface area contributed by atoms with Gasteiger partial charge in [-0.3, -0.25) is 0 Å². The number of hydrogen-bond donors (Lipinski definition) is 0. The average molecular weight is 673 g/mol. The summed E-state index contributed by atoms with van der Waals surface area (Å²) in [6, 6.07) is 9.87. The van der Waals surface area contributed by atoms with E-state index >= 15 is 22.0 Å². The van der Waals surface area contributed by atoms with Crippen molar-refractivity contribution in [2.24, 2.45) is 5.92 Å². The topological polar surface area (TPSA) is 9.23 Å². The van der Waals surface area contributed by atoms with Gasteiger partial charge in [0.05, 0.1) is 0 Å². The molecule has 9 heteroatoms. The molecule has 0 radical (unpaired) electrons. The summed E-state index contributed by atoms with van der Waals surface area (Å²) >= 11 is 0. The van der Waals surface area contributed by atoms with Crippen LogP contribution in [0.1, 0.15) is 81.4 Å². The van der Waals surface area contributed by atoms with Gasteiger partial charge in [0.25, 0.3) is 0 Å². The first kappa shape index (κ1) is 35.2. The number of rotatable bonds is 11.